The van der Waals surface area contributed by atoms with Crippen LogP contribution in [-0.2, 0) is 0 Å². The molecule has 2 heterocycles. The largest absolute Gasteiger partial charge is 0.464 e. The molecule has 1 aromatic carbocycles. The van der Waals surface area contributed by atoms with E-state index in [1.165, 1.54) is 0 Å². The molecule has 3 rings (SSSR count). The summed E-state index contributed by atoms with van der Waals surface area (Å²) in [5.74, 6) is 0.433. The van der Waals surface area contributed by atoms with E-state index < -0.39 is 0 Å². The molecule has 0 aliphatic rings. The van der Waals surface area contributed by atoms with Crippen LogP contribution in [0, 0.1) is 0 Å². The Morgan fingerprint density at radius 3 is 2.85 bits per heavy atom. The molecule has 0 fully saturated rings. The minimum Gasteiger partial charge on any atom is -0.464 e. The quantitative estimate of drug-likeness (QED) is 0.568. The maximum absolute atomic E-state index is 5.52. The molecule has 3 nitrogen and oxygen atoms in total. The molecule has 0 saturated heterocycles. The summed E-state index contributed by atoms with van der Waals surface area (Å²) >= 11 is 0. The highest BCUT2D eigenvalue weighted by Crippen LogP contribution is 2.26. The van der Waals surface area contributed by atoms with Gasteiger partial charge in [0.1, 0.15) is 11.2 Å². The first kappa shape index (κ1) is 6.60. The Bertz CT molecular complexity index is 529. The van der Waals surface area contributed by atoms with Crippen LogP contribution in [0.5, 0.6) is 0 Å². The summed E-state index contributed by atoms with van der Waals surface area (Å²) in [5, 5.41) is 2.07. The molecule has 3 aromatic rings. The molecule has 0 amide bonds. The topological polar surface area (TPSA) is 52.3 Å². The molecule has 0 radical (unpaired) electrons. The fourth-order valence-corrected chi connectivity index (χ4v) is 1.52. The van der Waals surface area contributed by atoms with E-state index in [4.69, 9.17) is 14.6 Å². The van der Waals surface area contributed by atoms with Gasteiger partial charge in [-0.2, -0.15) is 0 Å². The van der Waals surface area contributed by atoms with Gasteiger partial charge in [-0.1, -0.05) is 0 Å². The van der Waals surface area contributed by atoms with E-state index >= 15 is 0 Å². The number of hydrogen-bond donors (Lipinski definition) is 1. The van der Waals surface area contributed by atoms with Crippen LogP contribution in [0.4, 0.5) is 5.88 Å². The number of furan rings is 2. The average Bonchev–Trinajstić information content (AvgIpc) is 2.63. The molecule has 0 bridgehead atoms. The Labute approximate surface area is 73.7 Å². The van der Waals surface area contributed by atoms with Gasteiger partial charge in [-0.15, -0.1) is 0 Å². The molecular weight excluding hydrogens is 166 g/mol. The van der Waals surface area contributed by atoms with Gasteiger partial charge in [-0.3, -0.25) is 0 Å². The monoisotopic (exact) mass is 173 g/mol. The third kappa shape index (κ3) is 0.839. The van der Waals surface area contributed by atoms with Gasteiger partial charge in [0.15, 0.2) is 5.88 Å². The normalized spacial score (nSPS) is 11.4. The minimum absolute atomic E-state index is 0.433. The third-order valence-electron chi connectivity index (χ3n) is 2.11. The van der Waals surface area contributed by atoms with Gasteiger partial charge in [-0.25, -0.2) is 0 Å². The van der Waals surface area contributed by atoms with Crippen molar-refractivity contribution in [3.8, 4) is 0 Å². The average molecular weight is 173 g/mol. The molecular formula is C10H7NO2. The summed E-state index contributed by atoms with van der Waals surface area (Å²) in [5.41, 5.74) is 7.11. The molecule has 64 valence electrons. The number of rotatable bonds is 0. The Morgan fingerprint density at radius 2 is 1.92 bits per heavy atom. The first-order valence-electron chi connectivity index (χ1n) is 3.99. The predicted molar refractivity (Wildman–Crippen MR) is 50.4 cm³/mol. The lowest BCUT2D eigenvalue weighted by Crippen LogP contribution is -1.75. The lowest BCUT2D eigenvalue weighted by Gasteiger charge is -1.87. The van der Waals surface area contributed by atoms with E-state index in [9.17, 15) is 0 Å². The van der Waals surface area contributed by atoms with E-state index in [1.54, 1.807) is 6.26 Å². The summed E-state index contributed by atoms with van der Waals surface area (Å²) in [7, 11) is 0. The molecule has 0 atom stereocenters. The number of fused-ring (bicyclic) bond motifs is 2. The minimum atomic E-state index is 0.433. The molecule has 0 unspecified atom stereocenters. The Balaban J connectivity index is 2.54. The summed E-state index contributed by atoms with van der Waals surface area (Å²) in [4.78, 5) is 0. The van der Waals surface area contributed by atoms with Gasteiger partial charge >= 0.3 is 0 Å². The van der Waals surface area contributed by atoms with E-state index in [1.807, 2.05) is 24.3 Å². The van der Waals surface area contributed by atoms with Gasteiger partial charge in [0, 0.05) is 22.9 Å². The lowest BCUT2D eigenvalue weighted by atomic mass is 10.2. The van der Waals surface area contributed by atoms with Gasteiger partial charge in [0.25, 0.3) is 0 Å². The van der Waals surface area contributed by atoms with Crippen molar-refractivity contribution < 1.29 is 8.83 Å². The van der Waals surface area contributed by atoms with Crippen molar-refractivity contribution in [2.24, 2.45) is 0 Å². The Hall–Kier alpha value is -1.90. The molecule has 0 aliphatic heterocycles. The van der Waals surface area contributed by atoms with Gasteiger partial charge in [0.2, 0.25) is 0 Å². The van der Waals surface area contributed by atoms with Crippen LogP contribution in [0.25, 0.3) is 21.9 Å². The van der Waals surface area contributed by atoms with E-state index in [0.29, 0.717) is 5.88 Å². The first-order valence-corrected chi connectivity index (χ1v) is 3.99. The number of nitrogen functional groups attached to an aromatic ring is 1. The van der Waals surface area contributed by atoms with Crippen molar-refractivity contribution >= 4 is 27.8 Å². The van der Waals surface area contributed by atoms with Crippen LogP contribution < -0.4 is 5.73 Å². The van der Waals surface area contributed by atoms with Crippen molar-refractivity contribution in [2.75, 3.05) is 5.73 Å². The van der Waals surface area contributed by atoms with E-state index in [-0.39, 0.29) is 0 Å². The third-order valence-corrected chi connectivity index (χ3v) is 2.11. The number of nitrogens with two attached hydrogens (primary N) is 1. The second kappa shape index (κ2) is 2.07. The van der Waals surface area contributed by atoms with Crippen molar-refractivity contribution in [2.45, 2.75) is 0 Å². The molecule has 3 heteroatoms. The van der Waals surface area contributed by atoms with Gasteiger partial charge in [-0.05, 0) is 12.1 Å². The van der Waals surface area contributed by atoms with Crippen LogP contribution in [0.3, 0.4) is 0 Å². The SMILES string of the molecule is Nc1cc2cc3ccoc3cc2o1. The Kier molecular flexibility index (Phi) is 1.05. The summed E-state index contributed by atoms with van der Waals surface area (Å²) in [6.07, 6.45) is 1.66. The molecule has 0 spiro atoms. The predicted octanol–water partition coefficient (Wildman–Crippen LogP) is 2.76. The zero-order chi connectivity index (χ0) is 8.84. The van der Waals surface area contributed by atoms with Crippen molar-refractivity contribution in [3.05, 3.63) is 30.5 Å². The molecule has 13 heavy (non-hydrogen) atoms. The Morgan fingerprint density at radius 1 is 1.00 bits per heavy atom. The van der Waals surface area contributed by atoms with E-state index in [0.717, 1.165) is 21.9 Å². The number of hydrogen-bond acceptors (Lipinski definition) is 3. The van der Waals surface area contributed by atoms with E-state index in [2.05, 4.69) is 0 Å². The molecule has 0 aliphatic carbocycles. The number of anilines is 1. The molecule has 2 aromatic heterocycles. The summed E-state index contributed by atoms with van der Waals surface area (Å²) in [6, 6.07) is 7.56. The zero-order valence-electron chi connectivity index (χ0n) is 6.78. The summed E-state index contributed by atoms with van der Waals surface area (Å²) in [6.45, 7) is 0. The van der Waals surface area contributed by atoms with Crippen LogP contribution in [0.2, 0.25) is 0 Å². The zero-order valence-corrected chi connectivity index (χ0v) is 6.78. The molecule has 0 saturated carbocycles. The van der Waals surface area contributed by atoms with Crippen molar-refractivity contribution in [1.29, 1.82) is 0 Å². The lowest BCUT2D eigenvalue weighted by molar-refractivity contribution is 0.611. The maximum atomic E-state index is 5.52. The highest BCUT2D eigenvalue weighted by molar-refractivity contribution is 5.94. The second-order valence-corrected chi connectivity index (χ2v) is 3.00. The van der Waals surface area contributed by atoms with Gasteiger partial charge < -0.3 is 14.6 Å². The number of benzene rings is 1. The van der Waals surface area contributed by atoms with Crippen LogP contribution in [0.15, 0.2) is 39.4 Å². The summed E-state index contributed by atoms with van der Waals surface area (Å²) < 4.78 is 10.5. The smallest absolute Gasteiger partial charge is 0.191 e. The highest BCUT2D eigenvalue weighted by Gasteiger charge is 2.04. The fraction of sp³-hybridized carbons (Fsp3) is 0. The standard InChI is InChI=1S/C10H7NO2/c11-10-4-7-3-6-1-2-12-8(6)5-9(7)13-10/h1-5H,11H2. The van der Waals surface area contributed by atoms with Crippen molar-refractivity contribution in [1.82, 2.24) is 0 Å². The highest BCUT2D eigenvalue weighted by atomic mass is 16.4. The molecule has 2 N–H and O–H groups in total. The van der Waals surface area contributed by atoms with Gasteiger partial charge in [0.05, 0.1) is 6.26 Å². The fourth-order valence-electron chi connectivity index (χ4n) is 1.52. The second-order valence-electron chi connectivity index (χ2n) is 3.00. The van der Waals surface area contributed by atoms with Crippen molar-refractivity contribution in [3.63, 3.8) is 0 Å². The van der Waals surface area contributed by atoms with Crippen LogP contribution >= 0.6 is 0 Å². The first-order chi connectivity index (χ1) is 6.33. The van der Waals surface area contributed by atoms with Crippen LogP contribution in [-0.4, -0.2) is 0 Å². The maximum Gasteiger partial charge on any atom is 0.191 e. The van der Waals surface area contributed by atoms with Crippen LogP contribution in [0.1, 0.15) is 0 Å².